The number of amides is 1. The highest BCUT2D eigenvalue weighted by Gasteiger charge is 2.39. The van der Waals surface area contributed by atoms with Gasteiger partial charge in [-0.3, -0.25) is 4.79 Å². The highest BCUT2D eigenvalue weighted by atomic mass is 19.4. The molecule has 1 aromatic heterocycles. The molecule has 24 heavy (non-hydrogen) atoms. The maximum atomic E-state index is 14.3. The van der Waals surface area contributed by atoms with Gasteiger partial charge in [-0.25, -0.2) is 8.78 Å². The fourth-order valence-electron chi connectivity index (χ4n) is 2.09. The Kier molecular flexibility index (Phi) is 4.34. The summed E-state index contributed by atoms with van der Waals surface area (Å²) in [5.74, 6) is -6.22. The molecule has 0 fully saturated rings. The van der Waals surface area contributed by atoms with Gasteiger partial charge in [0.2, 0.25) is 11.7 Å². The third kappa shape index (κ3) is 2.83. The van der Waals surface area contributed by atoms with Gasteiger partial charge in [0.1, 0.15) is 0 Å². The van der Waals surface area contributed by atoms with Crippen molar-refractivity contribution in [1.82, 2.24) is 10.1 Å². The number of alkyl halides is 3. The zero-order valence-corrected chi connectivity index (χ0v) is 12.5. The van der Waals surface area contributed by atoms with E-state index in [-0.39, 0.29) is 12.0 Å². The van der Waals surface area contributed by atoms with Crippen molar-refractivity contribution in [3.8, 4) is 11.4 Å². The Morgan fingerprint density at radius 2 is 1.88 bits per heavy atom. The molecule has 0 radical (unpaired) electrons. The first-order valence-electron chi connectivity index (χ1n) is 6.72. The van der Waals surface area contributed by atoms with Crippen LogP contribution in [-0.4, -0.2) is 16.0 Å². The molecule has 2 rings (SSSR count). The lowest BCUT2D eigenvalue weighted by Crippen LogP contribution is -2.38. The van der Waals surface area contributed by atoms with Crippen molar-refractivity contribution in [2.45, 2.75) is 31.9 Å². The summed E-state index contributed by atoms with van der Waals surface area (Å²) in [5.41, 5.74) is 2.83. The summed E-state index contributed by atoms with van der Waals surface area (Å²) in [4.78, 5) is 14.6. The van der Waals surface area contributed by atoms with Crippen LogP contribution >= 0.6 is 0 Å². The summed E-state index contributed by atoms with van der Waals surface area (Å²) < 4.78 is 69.9. The van der Waals surface area contributed by atoms with Crippen molar-refractivity contribution in [1.29, 1.82) is 0 Å². The van der Waals surface area contributed by atoms with Gasteiger partial charge in [0.05, 0.1) is 11.0 Å². The molecule has 2 N–H and O–H groups in total. The molecule has 0 aliphatic heterocycles. The van der Waals surface area contributed by atoms with Crippen LogP contribution in [0.4, 0.5) is 22.0 Å². The molecule has 130 valence electrons. The second-order valence-electron chi connectivity index (χ2n) is 5.26. The number of benzene rings is 1. The van der Waals surface area contributed by atoms with Gasteiger partial charge in [-0.2, -0.15) is 18.2 Å². The molecule has 1 heterocycles. The van der Waals surface area contributed by atoms with Crippen molar-refractivity contribution in [3.05, 3.63) is 35.2 Å². The van der Waals surface area contributed by atoms with E-state index in [1.807, 2.05) is 0 Å². The number of rotatable bonds is 4. The number of hydrogen-bond donors (Lipinski definition) is 1. The molecule has 1 atom stereocenters. The molecular weight excluding hydrogens is 337 g/mol. The maximum Gasteiger partial charge on any atom is 0.471 e. The number of carbonyl (C=O) groups is 1. The van der Waals surface area contributed by atoms with Crippen molar-refractivity contribution in [2.24, 2.45) is 5.73 Å². The number of halogens is 5. The van der Waals surface area contributed by atoms with Crippen molar-refractivity contribution in [2.75, 3.05) is 0 Å². The van der Waals surface area contributed by atoms with Crippen LogP contribution < -0.4 is 5.73 Å². The lowest BCUT2D eigenvalue weighted by atomic mass is 9.78. The van der Waals surface area contributed by atoms with Crippen molar-refractivity contribution in [3.63, 3.8) is 0 Å². The van der Waals surface area contributed by atoms with Crippen LogP contribution in [0.1, 0.15) is 31.7 Å². The first-order valence-corrected chi connectivity index (χ1v) is 6.72. The zero-order valence-electron chi connectivity index (χ0n) is 12.5. The second kappa shape index (κ2) is 5.84. The van der Waals surface area contributed by atoms with Gasteiger partial charge < -0.3 is 10.3 Å². The molecule has 1 amide bonds. The van der Waals surface area contributed by atoms with Crippen LogP contribution in [0.15, 0.2) is 16.7 Å². The van der Waals surface area contributed by atoms with E-state index in [1.54, 1.807) is 6.92 Å². The Morgan fingerprint density at radius 1 is 1.25 bits per heavy atom. The van der Waals surface area contributed by atoms with E-state index >= 15 is 0 Å². The third-order valence-electron chi connectivity index (χ3n) is 3.84. The van der Waals surface area contributed by atoms with Crippen LogP contribution in [0.25, 0.3) is 11.4 Å². The summed E-state index contributed by atoms with van der Waals surface area (Å²) in [5, 5.41) is 3.00. The third-order valence-corrected chi connectivity index (χ3v) is 3.84. The number of primary amides is 1. The van der Waals surface area contributed by atoms with Gasteiger partial charge in [-0.05, 0) is 19.4 Å². The summed E-state index contributed by atoms with van der Waals surface area (Å²) >= 11 is 0. The number of nitrogens with zero attached hydrogens (tertiary/aromatic N) is 2. The van der Waals surface area contributed by atoms with Gasteiger partial charge in [-0.1, -0.05) is 18.1 Å². The fraction of sp³-hybridized carbons (Fsp3) is 0.357. The van der Waals surface area contributed by atoms with Crippen LogP contribution in [0.2, 0.25) is 0 Å². The summed E-state index contributed by atoms with van der Waals surface area (Å²) in [6.07, 6.45) is -4.81. The van der Waals surface area contributed by atoms with Gasteiger partial charge in [0.25, 0.3) is 0 Å². The number of nitrogens with two attached hydrogens (primary N) is 1. The van der Waals surface area contributed by atoms with E-state index in [4.69, 9.17) is 5.73 Å². The van der Waals surface area contributed by atoms with Gasteiger partial charge >= 0.3 is 12.1 Å². The summed E-state index contributed by atoms with van der Waals surface area (Å²) in [6, 6.07) is 2.03. The molecule has 0 aliphatic rings. The molecule has 0 bridgehead atoms. The minimum Gasteiger partial charge on any atom is -0.369 e. The van der Waals surface area contributed by atoms with E-state index in [2.05, 4.69) is 14.7 Å². The van der Waals surface area contributed by atoms with Gasteiger partial charge in [-0.15, -0.1) is 0 Å². The highest BCUT2D eigenvalue weighted by molar-refractivity contribution is 5.86. The van der Waals surface area contributed by atoms with Gasteiger partial charge in [0, 0.05) is 5.56 Å². The molecule has 10 heteroatoms. The first kappa shape index (κ1) is 17.8. The Balaban J connectivity index is 2.56. The average molecular weight is 349 g/mol. The molecule has 5 nitrogen and oxygen atoms in total. The number of hydrogen-bond acceptors (Lipinski definition) is 4. The number of carbonyl (C=O) groups excluding carboxylic acids is 1. The zero-order chi connectivity index (χ0) is 18.3. The normalized spacial score (nSPS) is 14.5. The van der Waals surface area contributed by atoms with Crippen molar-refractivity contribution < 1.29 is 31.3 Å². The topological polar surface area (TPSA) is 82.0 Å². The quantitative estimate of drug-likeness (QED) is 0.860. The van der Waals surface area contributed by atoms with E-state index in [0.717, 1.165) is 12.1 Å². The largest absolute Gasteiger partial charge is 0.471 e. The molecule has 0 spiro atoms. The summed E-state index contributed by atoms with van der Waals surface area (Å²) in [7, 11) is 0. The Morgan fingerprint density at radius 3 is 2.33 bits per heavy atom. The van der Waals surface area contributed by atoms with Crippen LogP contribution in [0.3, 0.4) is 0 Å². The highest BCUT2D eigenvalue weighted by Crippen LogP contribution is 2.35. The SMILES string of the molecule is CCC(C)(C(N)=O)c1ccc(-c2noc(C(F)(F)F)n2)c(F)c1F. The molecule has 0 saturated heterocycles. The molecule has 2 aromatic rings. The predicted octanol–water partition coefficient (Wildman–Crippen LogP) is 3.19. The van der Waals surface area contributed by atoms with Crippen LogP contribution in [-0.2, 0) is 16.4 Å². The van der Waals surface area contributed by atoms with E-state index in [1.165, 1.54) is 6.92 Å². The molecule has 0 saturated carbocycles. The minimum atomic E-state index is -4.91. The molecular formula is C14H12F5N3O2. The lowest BCUT2D eigenvalue weighted by molar-refractivity contribution is -0.159. The van der Waals surface area contributed by atoms with E-state index in [0.29, 0.717) is 0 Å². The standard InChI is InChI=1S/C14H12F5N3O2/c1-3-13(2,11(20)23)7-5-4-6(8(15)9(7)16)10-21-12(24-22-10)14(17,18)19/h4-5H,3H2,1-2H3,(H2,20,23). The molecule has 1 unspecified atom stereocenters. The Hall–Kier alpha value is -2.52. The first-order chi connectivity index (χ1) is 11.0. The number of aromatic nitrogens is 2. The van der Waals surface area contributed by atoms with Crippen molar-refractivity contribution >= 4 is 5.91 Å². The Bertz CT molecular complexity index is 787. The monoisotopic (exact) mass is 349 g/mol. The fourth-order valence-corrected chi connectivity index (χ4v) is 2.09. The maximum absolute atomic E-state index is 14.3. The lowest BCUT2D eigenvalue weighted by Gasteiger charge is -2.25. The van der Waals surface area contributed by atoms with Crippen LogP contribution in [0.5, 0.6) is 0 Å². The summed E-state index contributed by atoms with van der Waals surface area (Å²) in [6.45, 7) is 2.90. The van der Waals surface area contributed by atoms with E-state index in [9.17, 15) is 26.7 Å². The second-order valence-corrected chi connectivity index (χ2v) is 5.26. The molecule has 0 aliphatic carbocycles. The van der Waals surface area contributed by atoms with Crippen LogP contribution in [0, 0.1) is 11.6 Å². The molecule has 1 aromatic carbocycles. The average Bonchev–Trinajstić information content (AvgIpc) is 2.98. The minimum absolute atomic E-state index is 0.0957. The predicted molar refractivity (Wildman–Crippen MR) is 71.5 cm³/mol. The van der Waals surface area contributed by atoms with Gasteiger partial charge in [0.15, 0.2) is 11.6 Å². The Labute approximate surface area is 132 Å². The smallest absolute Gasteiger partial charge is 0.369 e. The van der Waals surface area contributed by atoms with E-state index < -0.39 is 46.4 Å².